The van der Waals surface area contributed by atoms with E-state index in [0.717, 1.165) is 47.9 Å². The number of H-pyrrole nitrogens is 1. The molecule has 1 N–H and O–H groups in total. The maximum absolute atomic E-state index is 6.00. The summed E-state index contributed by atoms with van der Waals surface area (Å²) in [5.74, 6) is 1.03. The molecule has 0 bridgehead atoms. The number of fused-ring (bicyclic) bond motifs is 3. The molecular weight excluding hydrogens is 354 g/mol. The number of aromatic nitrogens is 2. The highest BCUT2D eigenvalue weighted by atomic mass is 35.5. The lowest BCUT2D eigenvalue weighted by Crippen LogP contribution is -2.28. The van der Waals surface area contributed by atoms with Crippen LogP contribution in [0.1, 0.15) is 17.8 Å². The number of aromatic amines is 1. The topological polar surface area (TPSA) is 31.9 Å². The number of halogens is 1. The van der Waals surface area contributed by atoms with Crippen LogP contribution in [0.2, 0.25) is 5.02 Å². The summed E-state index contributed by atoms with van der Waals surface area (Å²) in [5, 5.41) is 3.23. The average molecular weight is 374 g/mol. The largest absolute Gasteiger partial charge is 0.341 e. The van der Waals surface area contributed by atoms with E-state index in [-0.39, 0.29) is 0 Å². The van der Waals surface area contributed by atoms with E-state index < -0.39 is 0 Å². The predicted molar refractivity (Wildman–Crippen MR) is 113 cm³/mol. The molecule has 4 aromatic rings. The molecule has 0 unspecified atom stereocenters. The van der Waals surface area contributed by atoms with Crippen molar-refractivity contribution in [3.8, 4) is 0 Å². The predicted octanol–water partition coefficient (Wildman–Crippen LogP) is 5.66. The van der Waals surface area contributed by atoms with E-state index in [9.17, 15) is 0 Å². The Morgan fingerprint density at radius 1 is 1.00 bits per heavy atom. The molecule has 0 saturated carbocycles. The van der Waals surface area contributed by atoms with Gasteiger partial charge in [-0.05, 0) is 41.1 Å². The molecule has 0 spiro atoms. The minimum atomic E-state index is 0.786. The fourth-order valence-electron chi connectivity index (χ4n) is 3.86. The Morgan fingerprint density at radius 3 is 2.67 bits per heavy atom. The highest BCUT2D eigenvalue weighted by Crippen LogP contribution is 2.26. The second kappa shape index (κ2) is 6.84. The van der Waals surface area contributed by atoms with E-state index in [1.165, 1.54) is 21.9 Å². The zero-order chi connectivity index (χ0) is 18.2. The molecular formula is C23H20ClN3. The first-order valence-electron chi connectivity index (χ1n) is 9.30. The summed E-state index contributed by atoms with van der Waals surface area (Å²) in [6.45, 7) is 2.81. The molecule has 0 amide bonds. The summed E-state index contributed by atoms with van der Waals surface area (Å²) in [5.41, 5.74) is 4.85. The van der Waals surface area contributed by atoms with Crippen LogP contribution in [0.4, 0.5) is 0 Å². The van der Waals surface area contributed by atoms with Crippen LogP contribution in [-0.2, 0) is 6.54 Å². The number of nitrogens with zero attached hydrogens (tertiary/aromatic N) is 2. The van der Waals surface area contributed by atoms with Crippen LogP contribution in [0.25, 0.3) is 27.4 Å². The van der Waals surface area contributed by atoms with Crippen molar-refractivity contribution in [1.82, 2.24) is 14.9 Å². The van der Waals surface area contributed by atoms with Gasteiger partial charge in [0.25, 0.3) is 0 Å². The Morgan fingerprint density at radius 2 is 1.85 bits per heavy atom. The zero-order valence-corrected chi connectivity index (χ0v) is 15.7. The first-order chi connectivity index (χ1) is 13.3. The van der Waals surface area contributed by atoms with Crippen molar-refractivity contribution in [3.05, 3.63) is 83.2 Å². The van der Waals surface area contributed by atoms with Crippen LogP contribution in [-0.4, -0.2) is 28.0 Å². The maximum atomic E-state index is 6.00. The van der Waals surface area contributed by atoms with Gasteiger partial charge in [-0.15, -0.1) is 0 Å². The molecule has 5 rings (SSSR count). The Balaban J connectivity index is 1.35. The molecule has 27 heavy (non-hydrogen) atoms. The highest BCUT2D eigenvalue weighted by molar-refractivity contribution is 6.30. The van der Waals surface area contributed by atoms with Gasteiger partial charge < -0.3 is 4.98 Å². The normalized spacial score (nSPS) is 15.4. The smallest absolute Gasteiger partial charge is 0.121 e. The van der Waals surface area contributed by atoms with Gasteiger partial charge in [0.05, 0.1) is 17.6 Å². The summed E-state index contributed by atoms with van der Waals surface area (Å²) in [4.78, 5) is 10.8. The van der Waals surface area contributed by atoms with Crippen molar-refractivity contribution < 1.29 is 0 Å². The van der Waals surface area contributed by atoms with Crippen LogP contribution in [0, 0.1) is 0 Å². The number of nitrogens with one attached hydrogen (secondary N) is 1. The van der Waals surface area contributed by atoms with Crippen LogP contribution in [0.15, 0.2) is 66.7 Å². The minimum absolute atomic E-state index is 0.786. The molecule has 1 aromatic heterocycles. The quantitative estimate of drug-likeness (QED) is 0.502. The third kappa shape index (κ3) is 3.25. The number of hydrogen-bond donors (Lipinski definition) is 1. The Hall–Kier alpha value is -2.62. The van der Waals surface area contributed by atoms with Crippen molar-refractivity contribution in [2.75, 3.05) is 13.1 Å². The van der Waals surface area contributed by atoms with Crippen LogP contribution in [0.5, 0.6) is 0 Å². The molecule has 3 nitrogen and oxygen atoms in total. The van der Waals surface area contributed by atoms with Crippen molar-refractivity contribution in [3.63, 3.8) is 0 Å². The summed E-state index contributed by atoms with van der Waals surface area (Å²) >= 11 is 6.00. The van der Waals surface area contributed by atoms with Crippen molar-refractivity contribution in [2.24, 2.45) is 0 Å². The van der Waals surface area contributed by atoms with Crippen molar-refractivity contribution in [1.29, 1.82) is 0 Å². The number of rotatable bonds is 3. The Labute approximate surface area is 163 Å². The standard InChI is InChI=1S/C23H20ClN3/c24-19-8-5-16(6-9-19)17-11-13-27(14-12-17)15-22-25-21-10-7-18-3-1-2-4-20(18)23(21)26-22/h1-11H,12-15H2,(H,25,26). The molecule has 1 aliphatic rings. The Bertz CT molecular complexity index is 1140. The van der Waals surface area contributed by atoms with Gasteiger partial charge in [-0.3, -0.25) is 4.90 Å². The van der Waals surface area contributed by atoms with Crippen LogP contribution in [0.3, 0.4) is 0 Å². The molecule has 0 fully saturated rings. The van der Waals surface area contributed by atoms with E-state index in [0.29, 0.717) is 0 Å². The first-order valence-corrected chi connectivity index (χ1v) is 9.68. The molecule has 4 heteroatoms. The fourth-order valence-corrected chi connectivity index (χ4v) is 3.99. The minimum Gasteiger partial charge on any atom is -0.341 e. The zero-order valence-electron chi connectivity index (χ0n) is 15.0. The molecule has 0 atom stereocenters. The molecule has 1 aliphatic heterocycles. The van der Waals surface area contributed by atoms with Gasteiger partial charge in [0, 0.05) is 23.5 Å². The SMILES string of the molecule is Clc1ccc(C2=CCN(Cc3nc4c(ccc5ccccc54)[nH]3)CC2)cc1. The van der Waals surface area contributed by atoms with Gasteiger partial charge in [0.2, 0.25) is 0 Å². The van der Waals surface area contributed by atoms with Gasteiger partial charge in [-0.1, -0.05) is 60.1 Å². The van der Waals surface area contributed by atoms with E-state index in [2.05, 4.69) is 64.5 Å². The van der Waals surface area contributed by atoms with Gasteiger partial charge in [0.1, 0.15) is 5.82 Å². The summed E-state index contributed by atoms with van der Waals surface area (Å²) in [6, 6.07) is 20.8. The maximum Gasteiger partial charge on any atom is 0.121 e. The lowest BCUT2D eigenvalue weighted by Gasteiger charge is -2.25. The summed E-state index contributed by atoms with van der Waals surface area (Å²) in [6.07, 6.45) is 3.37. The van der Waals surface area contributed by atoms with E-state index in [4.69, 9.17) is 16.6 Å². The number of imidazole rings is 1. The van der Waals surface area contributed by atoms with Crippen LogP contribution >= 0.6 is 11.6 Å². The van der Waals surface area contributed by atoms with E-state index >= 15 is 0 Å². The molecule has 0 aliphatic carbocycles. The first kappa shape index (κ1) is 16.5. The Kier molecular flexibility index (Phi) is 4.19. The molecule has 0 saturated heterocycles. The van der Waals surface area contributed by atoms with E-state index in [1.54, 1.807) is 0 Å². The van der Waals surface area contributed by atoms with E-state index in [1.807, 2.05) is 12.1 Å². The summed E-state index contributed by atoms with van der Waals surface area (Å²) < 4.78 is 0. The average Bonchev–Trinajstić information content (AvgIpc) is 3.12. The fraction of sp³-hybridized carbons (Fsp3) is 0.174. The van der Waals surface area contributed by atoms with Gasteiger partial charge in [-0.25, -0.2) is 4.98 Å². The van der Waals surface area contributed by atoms with Gasteiger partial charge >= 0.3 is 0 Å². The monoisotopic (exact) mass is 373 g/mol. The van der Waals surface area contributed by atoms with Crippen molar-refractivity contribution >= 4 is 39.0 Å². The highest BCUT2D eigenvalue weighted by Gasteiger charge is 2.15. The second-order valence-electron chi connectivity index (χ2n) is 7.09. The van der Waals surface area contributed by atoms with Gasteiger partial charge in [-0.2, -0.15) is 0 Å². The van der Waals surface area contributed by atoms with Gasteiger partial charge in [0.15, 0.2) is 0 Å². The third-order valence-electron chi connectivity index (χ3n) is 5.31. The molecule has 0 radical (unpaired) electrons. The number of benzene rings is 3. The second-order valence-corrected chi connectivity index (χ2v) is 7.52. The third-order valence-corrected chi connectivity index (χ3v) is 5.56. The molecule has 2 heterocycles. The molecule has 134 valence electrons. The summed E-state index contributed by atoms with van der Waals surface area (Å²) in [7, 11) is 0. The lowest BCUT2D eigenvalue weighted by molar-refractivity contribution is 0.287. The van der Waals surface area contributed by atoms with Crippen molar-refractivity contribution in [2.45, 2.75) is 13.0 Å². The molecule has 3 aromatic carbocycles. The lowest BCUT2D eigenvalue weighted by atomic mass is 9.99. The number of hydrogen-bond acceptors (Lipinski definition) is 2. The van der Waals surface area contributed by atoms with Crippen LogP contribution < -0.4 is 0 Å².